The molecule has 0 saturated heterocycles. The fourth-order valence-electron chi connectivity index (χ4n) is 3.03. The molecule has 0 aliphatic rings. The highest BCUT2D eigenvalue weighted by Crippen LogP contribution is 2.40. The van der Waals surface area contributed by atoms with Crippen molar-refractivity contribution in [1.29, 1.82) is 0 Å². The van der Waals surface area contributed by atoms with Crippen molar-refractivity contribution in [3.63, 3.8) is 0 Å². The van der Waals surface area contributed by atoms with Crippen molar-refractivity contribution in [2.24, 2.45) is 11.8 Å². The number of halogens is 3. The Kier molecular flexibility index (Phi) is 9.62. The first kappa shape index (κ1) is 25.1. The van der Waals surface area contributed by atoms with Crippen LogP contribution in [0, 0.1) is 11.8 Å². The van der Waals surface area contributed by atoms with Gasteiger partial charge in [-0.15, -0.1) is 11.6 Å². The van der Waals surface area contributed by atoms with E-state index in [4.69, 9.17) is 49.0 Å². The molecule has 0 heterocycles. The molecule has 0 amide bonds. The van der Waals surface area contributed by atoms with E-state index >= 15 is 0 Å². The first-order chi connectivity index (χ1) is 14.2. The van der Waals surface area contributed by atoms with E-state index < -0.39 is 0 Å². The molecule has 0 radical (unpaired) electrons. The molecular formula is C24H31Cl3O3. The summed E-state index contributed by atoms with van der Waals surface area (Å²) in [6.45, 7) is 10.2. The molecule has 0 N–H and O–H groups in total. The molecule has 2 aromatic rings. The minimum absolute atomic E-state index is 0.216. The van der Waals surface area contributed by atoms with Crippen LogP contribution in [0.1, 0.15) is 38.8 Å². The Labute approximate surface area is 195 Å². The van der Waals surface area contributed by atoms with Crippen molar-refractivity contribution in [3.05, 3.63) is 57.6 Å². The summed E-state index contributed by atoms with van der Waals surface area (Å²) in [5, 5.41) is 0.999. The number of methoxy groups -OCH3 is 1. The van der Waals surface area contributed by atoms with E-state index in [1.807, 2.05) is 31.2 Å². The van der Waals surface area contributed by atoms with Crippen LogP contribution in [0.4, 0.5) is 0 Å². The predicted octanol–water partition coefficient (Wildman–Crippen LogP) is 7.23. The maximum absolute atomic E-state index is 6.50. The van der Waals surface area contributed by atoms with Gasteiger partial charge in [-0.05, 0) is 35.4 Å². The SMILES string of the molecule is COC[C@H](C)COc1ccc(C(C)(C)c2cc(Cl)c(OC[C@@H](C)CCl)c(Cl)c2)cc1. The lowest BCUT2D eigenvalue weighted by Crippen LogP contribution is -2.19. The van der Waals surface area contributed by atoms with Gasteiger partial charge < -0.3 is 14.2 Å². The third kappa shape index (κ3) is 6.68. The summed E-state index contributed by atoms with van der Waals surface area (Å²) in [6.07, 6.45) is 0. The quantitative estimate of drug-likeness (QED) is 0.322. The first-order valence-corrected chi connectivity index (χ1v) is 11.4. The molecule has 0 fully saturated rings. The van der Waals surface area contributed by atoms with Gasteiger partial charge in [-0.25, -0.2) is 0 Å². The van der Waals surface area contributed by atoms with Gasteiger partial charge >= 0.3 is 0 Å². The van der Waals surface area contributed by atoms with Gasteiger partial charge in [0, 0.05) is 30.2 Å². The molecule has 6 heteroatoms. The van der Waals surface area contributed by atoms with Gasteiger partial charge in [0.15, 0.2) is 5.75 Å². The summed E-state index contributed by atoms with van der Waals surface area (Å²) in [6, 6.07) is 12.0. The summed E-state index contributed by atoms with van der Waals surface area (Å²) >= 11 is 18.9. The number of hydrogen-bond donors (Lipinski definition) is 0. The van der Waals surface area contributed by atoms with Crippen molar-refractivity contribution in [1.82, 2.24) is 0 Å². The Morgan fingerprint density at radius 1 is 0.833 bits per heavy atom. The molecule has 0 bridgehead atoms. The van der Waals surface area contributed by atoms with Crippen molar-refractivity contribution in [2.45, 2.75) is 33.1 Å². The van der Waals surface area contributed by atoms with Crippen LogP contribution >= 0.6 is 34.8 Å². The molecule has 0 unspecified atom stereocenters. The molecule has 2 aromatic carbocycles. The minimum atomic E-state index is -0.295. The summed E-state index contributed by atoms with van der Waals surface area (Å²) < 4.78 is 16.8. The van der Waals surface area contributed by atoms with Crippen LogP contribution in [-0.2, 0) is 10.2 Å². The van der Waals surface area contributed by atoms with Crippen LogP contribution in [0.2, 0.25) is 10.0 Å². The van der Waals surface area contributed by atoms with Crippen molar-refractivity contribution >= 4 is 34.8 Å². The lowest BCUT2D eigenvalue weighted by molar-refractivity contribution is 0.127. The van der Waals surface area contributed by atoms with Crippen molar-refractivity contribution in [2.75, 3.05) is 32.8 Å². The molecule has 0 aliphatic heterocycles. The molecule has 0 aromatic heterocycles. The van der Waals surface area contributed by atoms with E-state index in [2.05, 4.69) is 32.9 Å². The third-order valence-corrected chi connectivity index (χ3v) is 6.15. The fraction of sp³-hybridized carbons (Fsp3) is 0.500. The van der Waals surface area contributed by atoms with Gasteiger partial charge in [-0.2, -0.15) is 0 Å². The van der Waals surface area contributed by atoms with Crippen LogP contribution in [0.25, 0.3) is 0 Å². The molecule has 0 saturated carbocycles. The van der Waals surface area contributed by atoms with Crippen LogP contribution in [-0.4, -0.2) is 32.8 Å². The fourth-order valence-corrected chi connectivity index (χ4v) is 3.72. The molecule has 2 atom stereocenters. The Bertz CT molecular complexity index is 783. The number of benzene rings is 2. The highest BCUT2D eigenvalue weighted by atomic mass is 35.5. The molecule has 3 nitrogen and oxygen atoms in total. The lowest BCUT2D eigenvalue weighted by Gasteiger charge is -2.27. The molecule has 2 rings (SSSR count). The van der Waals surface area contributed by atoms with E-state index in [-0.39, 0.29) is 11.3 Å². The van der Waals surface area contributed by atoms with Gasteiger partial charge in [0.1, 0.15) is 5.75 Å². The number of alkyl halides is 1. The summed E-state index contributed by atoms with van der Waals surface area (Å²) in [5.74, 6) is 2.41. The van der Waals surface area contributed by atoms with Crippen LogP contribution in [0.15, 0.2) is 36.4 Å². The van der Waals surface area contributed by atoms with E-state index in [1.165, 1.54) is 0 Å². The second kappa shape index (κ2) is 11.5. The number of ether oxygens (including phenoxy) is 3. The van der Waals surface area contributed by atoms with E-state index in [9.17, 15) is 0 Å². The maximum atomic E-state index is 6.50. The Morgan fingerprint density at radius 2 is 1.40 bits per heavy atom. The predicted molar refractivity (Wildman–Crippen MR) is 127 cm³/mol. The van der Waals surface area contributed by atoms with Gasteiger partial charge in [0.2, 0.25) is 0 Å². The molecule has 166 valence electrons. The van der Waals surface area contributed by atoms with Gasteiger partial charge in [0.25, 0.3) is 0 Å². The maximum Gasteiger partial charge on any atom is 0.156 e. The molecular weight excluding hydrogens is 443 g/mol. The van der Waals surface area contributed by atoms with Gasteiger partial charge in [-0.3, -0.25) is 0 Å². The molecule has 0 spiro atoms. The zero-order valence-corrected chi connectivity index (χ0v) is 20.6. The third-order valence-electron chi connectivity index (χ3n) is 5.06. The summed E-state index contributed by atoms with van der Waals surface area (Å²) in [5.41, 5.74) is 1.85. The van der Waals surface area contributed by atoms with Crippen molar-refractivity contribution in [3.8, 4) is 11.5 Å². The smallest absolute Gasteiger partial charge is 0.156 e. The normalized spacial score (nSPS) is 13.7. The Balaban J connectivity index is 2.16. The Hall–Kier alpha value is -1.13. The van der Waals surface area contributed by atoms with Crippen molar-refractivity contribution < 1.29 is 14.2 Å². The number of rotatable bonds is 11. The standard InChI is InChI=1S/C24H31Cl3O3/c1-16(12-25)14-30-23-21(26)10-19(11-22(23)27)24(3,4)18-6-8-20(9-7-18)29-15-17(2)13-28-5/h6-11,16-17H,12-15H2,1-5H3/t16-,17-/m0/s1. The number of hydrogen-bond acceptors (Lipinski definition) is 3. The van der Waals surface area contributed by atoms with Crippen LogP contribution in [0.5, 0.6) is 11.5 Å². The topological polar surface area (TPSA) is 27.7 Å². The first-order valence-electron chi connectivity index (χ1n) is 10.1. The monoisotopic (exact) mass is 472 g/mol. The average molecular weight is 474 g/mol. The highest BCUT2D eigenvalue weighted by Gasteiger charge is 2.26. The average Bonchev–Trinajstić information content (AvgIpc) is 2.71. The van der Waals surface area contributed by atoms with E-state index in [1.54, 1.807) is 7.11 Å². The van der Waals surface area contributed by atoms with Crippen LogP contribution < -0.4 is 9.47 Å². The highest BCUT2D eigenvalue weighted by molar-refractivity contribution is 6.37. The zero-order valence-electron chi connectivity index (χ0n) is 18.3. The Morgan fingerprint density at radius 3 is 1.93 bits per heavy atom. The van der Waals surface area contributed by atoms with Crippen LogP contribution in [0.3, 0.4) is 0 Å². The molecule has 0 aliphatic carbocycles. The second-order valence-electron chi connectivity index (χ2n) is 8.36. The van der Waals surface area contributed by atoms with Gasteiger partial charge in [0.05, 0.1) is 29.9 Å². The largest absolute Gasteiger partial charge is 0.493 e. The summed E-state index contributed by atoms with van der Waals surface area (Å²) in [7, 11) is 1.70. The lowest BCUT2D eigenvalue weighted by atomic mass is 9.78. The molecule has 30 heavy (non-hydrogen) atoms. The van der Waals surface area contributed by atoms with E-state index in [0.717, 1.165) is 16.9 Å². The second-order valence-corrected chi connectivity index (χ2v) is 9.48. The van der Waals surface area contributed by atoms with Gasteiger partial charge in [-0.1, -0.05) is 63.0 Å². The summed E-state index contributed by atoms with van der Waals surface area (Å²) in [4.78, 5) is 0. The van der Waals surface area contributed by atoms with E-state index in [0.29, 0.717) is 47.4 Å². The zero-order chi connectivity index (χ0) is 22.3. The minimum Gasteiger partial charge on any atom is -0.493 e.